The molecule has 2 aliphatic heterocycles. The van der Waals surface area contributed by atoms with Gasteiger partial charge in [0.1, 0.15) is 23.0 Å². The van der Waals surface area contributed by atoms with Gasteiger partial charge in [-0.3, -0.25) is 14.5 Å². The zero-order valence-corrected chi connectivity index (χ0v) is 20.2. The quantitative estimate of drug-likeness (QED) is 0.348. The first-order chi connectivity index (χ1) is 17.0. The molecule has 0 unspecified atom stereocenters. The number of Topliss-reactive ketones (excluding diaryl/α,β-unsaturated/α-hetero) is 1. The van der Waals surface area contributed by atoms with Crippen LogP contribution in [0.4, 0.5) is 0 Å². The number of carbonyl (C=O) groups is 2. The van der Waals surface area contributed by atoms with Gasteiger partial charge in [-0.15, -0.1) is 0 Å². The summed E-state index contributed by atoms with van der Waals surface area (Å²) in [7, 11) is 4.61. The van der Waals surface area contributed by atoms with Crippen LogP contribution in [0.1, 0.15) is 17.2 Å². The molecule has 1 amide bonds. The first-order valence-electron chi connectivity index (χ1n) is 11.4. The highest BCUT2D eigenvalue weighted by atomic mass is 16.5. The van der Waals surface area contributed by atoms with Gasteiger partial charge in [-0.2, -0.15) is 0 Å². The number of methoxy groups -OCH3 is 3. The number of morpholine rings is 1. The van der Waals surface area contributed by atoms with Crippen LogP contribution in [-0.2, 0) is 14.3 Å². The zero-order chi connectivity index (χ0) is 24.9. The first-order valence-corrected chi connectivity index (χ1v) is 11.4. The third-order valence-electron chi connectivity index (χ3n) is 6.40. The maximum atomic E-state index is 13.3. The van der Waals surface area contributed by atoms with E-state index in [1.54, 1.807) is 56.7 Å². The minimum atomic E-state index is -0.820. The van der Waals surface area contributed by atoms with Crippen LogP contribution in [0, 0.1) is 0 Å². The Kier molecular flexibility index (Phi) is 7.57. The summed E-state index contributed by atoms with van der Waals surface area (Å²) in [5, 5.41) is 11.2. The van der Waals surface area contributed by atoms with Crippen molar-refractivity contribution in [1.29, 1.82) is 0 Å². The predicted molar refractivity (Wildman–Crippen MR) is 129 cm³/mol. The number of hydrogen-bond acceptors (Lipinski definition) is 8. The van der Waals surface area contributed by atoms with Gasteiger partial charge in [-0.05, 0) is 36.4 Å². The number of aliphatic hydroxyl groups is 1. The standard InChI is InChI=1S/C26H30N2O7/c1-32-18-6-4-17(5-7-18)24(29)22-23(20-9-8-19(33-2)16-21(20)34-3)28(26(31)25(22)30)11-10-27-12-14-35-15-13-27/h4-9,16,23,29H,10-15H2,1-3H3/t23-/m0/s1. The van der Waals surface area contributed by atoms with Crippen molar-refractivity contribution in [3.63, 3.8) is 0 Å². The zero-order valence-electron chi connectivity index (χ0n) is 20.2. The number of ketones is 1. The smallest absolute Gasteiger partial charge is 0.295 e. The second-order valence-corrected chi connectivity index (χ2v) is 8.28. The van der Waals surface area contributed by atoms with Gasteiger partial charge in [0.2, 0.25) is 0 Å². The average molecular weight is 483 g/mol. The lowest BCUT2D eigenvalue weighted by Gasteiger charge is -2.31. The van der Waals surface area contributed by atoms with Crippen molar-refractivity contribution >= 4 is 17.4 Å². The average Bonchev–Trinajstić information content (AvgIpc) is 3.16. The van der Waals surface area contributed by atoms with Gasteiger partial charge in [-0.1, -0.05) is 0 Å². The molecule has 186 valence electrons. The molecule has 0 aromatic heterocycles. The third kappa shape index (κ3) is 4.96. The van der Waals surface area contributed by atoms with E-state index in [4.69, 9.17) is 18.9 Å². The Morgan fingerprint density at radius 3 is 2.23 bits per heavy atom. The molecule has 1 atom stereocenters. The number of hydrogen-bond donors (Lipinski definition) is 1. The van der Waals surface area contributed by atoms with E-state index in [0.717, 1.165) is 13.1 Å². The molecule has 35 heavy (non-hydrogen) atoms. The van der Waals surface area contributed by atoms with E-state index in [0.29, 0.717) is 54.7 Å². The number of rotatable bonds is 8. The molecule has 1 N–H and O–H groups in total. The van der Waals surface area contributed by atoms with E-state index < -0.39 is 17.7 Å². The van der Waals surface area contributed by atoms with E-state index in [9.17, 15) is 14.7 Å². The Labute approximate surface area is 204 Å². The lowest BCUT2D eigenvalue weighted by molar-refractivity contribution is -0.140. The lowest BCUT2D eigenvalue weighted by atomic mass is 9.94. The molecular formula is C26H30N2O7. The number of likely N-dealkylation sites (tertiary alicyclic amines) is 1. The number of benzene rings is 2. The van der Waals surface area contributed by atoms with Crippen molar-refractivity contribution in [1.82, 2.24) is 9.80 Å². The van der Waals surface area contributed by atoms with Crippen LogP contribution in [0.25, 0.3) is 5.76 Å². The van der Waals surface area contributed by atoms with Crippen molar-refractivity contribution in [2.75, 3.05) is 60.7 Å². The first kappa shape index (κ1) is 24.6. The van der Waals surface area contributed by atoms with Gasteiger partial charge < -0.3 is 29.0 Å². The molecule has 0 bridgehead atoms. The molecule has 9 nitrogen and oxygen atoms in total. The number of amides is 1. The summed E-state index contributed by atoms with van der Waals surface area (Å²) in [4.78, 5) is 30.2. The topological polar surface area (TPSA) is 97.8 Å². The van der Waals surface area contributed by atoms with Crippen molar-refractivity contribution < 1.29 is 33.6 Å². The Balaban J connectivity index is 1.79. The Hall–Kier alpha value is -3.56. The van der Waals surface area contributed by atoms with Gasteiger partial charge in [-0.25, -0.2) is 0 Å². The normalized spacial score (nSPS) is 20.2. The Morgan fingerprint density at radius 2 is 1.60 bits per heavy atom. The van der Waals surface area contributed by atoms with Crippen LogP contribution in [0.15, 0.2) is 48.0 Å². The fraction of sp³-hybridized carbons (Fsp3) is 0.385. The highest BCUT2D eigenvalue weighted by Gasteiger charge is 2.47. The molecule has 2 fully saturated rings. The van der Waals surface area contributed by atoms with E-state index in [1.165, 1.54) is 12.0 Å². The molecule has 0 saturated carbocycles. The molecule has 0 spiro atoms. The summed E-state index contributed by atoms with van der Waals surface area (Å²) in [6.07, 6.45) is 0. The second kappa shape index (κ2) is 10.8. The van der Waals surface area contributed by atoms with E-state index in [-0.39, 0.29) is 11.3 Å². The molecule has 2 aromatic carbocycles. The number of ether oxygens (including phenoxy) is 4. The summed E-state index contributed by atoms with van der Waals surface area (Å²) in [5.74, 6) is 0.00210. The molecular weight excluding hydrogens is 452 g/mol. The van der Waals surface area contributed by atoms with Gasteiger partial charge in [0, 0.05) is 43.4 Å². The summed E-state index contributed by atoms with van der Waals surface area (Å²) in [5.41, 5.74) is 1.02. The summed E-state index contributed by atoms with van der Waals surface area (Å²) < 4.78 is 21.5. The number of aliphatic hydroxyl groups excluding tert-OH is 1. The molecule has 2 aliphatic rings. The summed E-state index contributed by atoms with van der Waals surface area (Å²) in [6, 6.07) is 11.1. The largest absolute Gasteiger partial charge is 0.507 e. The van der Waals surface area contributed by atoms with Gasteiger partial charge in [0.25, 0.3) is 11.7 Å². The van der Waals surface area contributed by atoms with E-state index in [2.05, 4.69) is 4.90 Å². The Bertz CT molecular complexity index is 1110. The lowest BCUT2D eigenvalue weighted by Crippen LogP contribution is -2.42. The number of nitrogens with zero attached hydrogens (tertiary/aromatic N) is 2. The summed E-state index contributed by atoms with van der Waals surface area (Å²) >= 11 is 0. The highest BCUT2D eigenvalue weighted by Crippen LogP contribution is 2.43. The molecule has 4 rings (SSSR count). The minimum Gasteiger partial charge on any atom is -0.507 e. The van der Waals surface area contributed by atoms with Crippen molar-refractivity contribution in [2.24, 2.45) is 0 Å². The minimum absolute atomic E-state index is 0.0191. The molecule has 2 heterocycles. The molecule has 2 saturated heterocycles. The fourth-order valence-corrected chi connectivity index (χ4v) is 4.46. The van der Waals surface area contributed by atoms with Gasteiger partial charge in [0.05, 0.1) is 46.2 Å². The maximum Gasteiger partial charge on any atom is 0.295 e. The van der Waals surface area contributed by atoms with Gasteiger partial charge in [0.15, 0.2) is 0 Å². The van der Waals surface area contributed by atoms with Crippen LogP contribution in [0.3, 0.4) is 0 Å². The van der Waals surface area contributed by atoms with Crippen LogP contribution >= 0.6 is 0 Å². The monoisotopic (exact) mass is 482 g/mol. The van der Waals surface area contributed by atoms with Crippen LogP contribution in [-0.4, -0.2) is 87.3 Å². The number of carbonyl (C=O) groups excluding carboxylic acids is 2. The van der Waals surface area contributed by atoms with E-state index >= 15 is 0 Å². The van der Waals surface area contributed by atoms with Crippen LogP contribution in [0.2, 0.25) is 0 Å². The molecule has 0 aliphatic carbocycles. The SMILES string of the molecule is COc1ccc(C(O)=C2C(=O)C(=O)N(CCN3CCOCC3)[C@H]2c2ccc(OC)cc2OC)cc1. The second-order valence-electron chi connectivity index (χ2n) is 8.28. The van der Waals surface area contributed by atoms with Crippen LogP contribution in [0.5, 0.6) is 17.2 Å². The van der Waals surface area contributed by atoms with Gasteiger partial charge >= 0.3 is 0 Å². The Morgan fingerprint density at radius 1 is 0.943 bits per heavy atom. The maximum absolute atomic E-state index is 13.3. The predicted octanol–water partition coefficient (Wildman–Crippen LogP) is 2.47. The van der Waals surface area contributed by atoms with Crippen LogP contribution < -0.4 is 14.2 Å². The van der Waals surface area contributed by atoms with Crippen molar-refractivity contribution in [2.45, 2.75) is 6.04 Å². The van der Waals surface area contributed by atoms with E-state index in [1.807, 2.05) is 0 Å². The molecule has 0 radical (unpaired) electrons. The third-order valence-corrected chi connectivity index (χ3v) is 6.40. The highest BCUT2D eigenvalue weighted by molar-refractivity contribution is 6.46. The molecule has 2 aromatic rings. The molecule has 9 heteroatoms. The fourth-order valence-electron chi connectivity index (χ4n) is 4.46. The summed E-state index contributed by atoms with van der Waals surface area (Å²) in [6.45, 7) is 3.66. The van der Waals surface area contributed by atoms with Crippen molar-refractivity contribution in [3.8, 4) is 17.2 Å². The van der Waals surface area contributed by atoms with Crippen molar-refractivity contribution in [3.05, 3.63) is 59.2 Å².